The molecule has 1 aromatic heterocycles. The first-order valence-electron chi connectivity index (χ1n) is 7.36. The smallest absolute Gasteiger partial charge is 0.230 e. The molecule has 1 amide bonds. The Labute approximate surface area is 135 Å². The summed E-state index contributed by atoms with van der Waals surface area (Å²) in [5.74, 6) is 1.35. The second-order valence-electron chi connectivity index (χ2n) is 4.70. The van der Waals surface area contributed by atoms with Gasteiger partial charge >= 0.3 is 0 Å². The largest absolute Gasteiger partial charge is 0.494 e. The van der Waals surface area contributed by atoms with Crippen LogP contribution in [-0.2, 0) is 11.3 Å². The van der Waals surface area contributed by atoms with Gasteiger partial charge in [0.05, 0.1) is 18.7 Å². The van der Waals surface area contributed by atoms with Gasteiger partial charge in [0.15, 0.2) is 0 Å². The standard InChI is InChI=1S/C16H21N3O2S/c1-2-21-14-4-6-15(7-5-14)22-12-16(20)18-8-3-10-19-11-9-17-13-19/h4-7,9,11,13H,2-3,8,10,12H2,1H3,(H,18,20). The fourth-order valence-corrected chi connectivity index (χ4v) is 2.64. The minimum Gasteiger partial charge on any atom is -0.494 e. The summed E-state index contributed by atoms with van der Waals surface area (Å²) in [7, 11) is 0. The molecule has 1 aromatic carbocycles. The van der Waals surface area contributed by atoms with E-state index in [1.165, 1.54) is 11.8 Å². The average Bonchev–Trinajstić information content (AvgIpc) is 3.04. The third-order valence-corrected chi connectivity index (χ3v) is 3.99. The molecule has 5 nitrogen and oxygen atoms in total. The van der Waals surface area contributed by atoms with Gasteiger partial charge in [0, 0.05) is 30.4 Å². The van der Waals surface area contributed by atoms with Crippen LogP contribution < -0.4 is 10.1 Å². The van der Waals surface area contributed by atoms with Gasteiger partial charge in [-0.25, -0.2) is 4.98 Å². The Balaban J connectivity index is 1.60. The highest BCUT2D eigenvalue weighted by molar-refractivity contribution is 8.00. The number of benzene rings is 1. The molecule has 0 aliphatic rings. The number of thioether (sulfide) groups is 1. The molecule has 0 fully saturated rings. The van der Waals surface area contributed by atoms with Crippen molar-refractivity contribution < 1.29 is 9.53 Å². The number of aryl methyl sites for hydroxylation is 1. The number of hydrogen-bond donors (Lipinski definition) is 1. The van der Waals surface area contributed by atoms with E-state index in [9.17, 15) is 4.79 Å². The molecule has 0 unspecified atom stereocenters. The lowest BCUT2D eigenvalue weighted by atomic mass is 10.3. The summed E-state index contributed by atoms with van der Waals surface area (Å²) < 4.78 is 7.39. The van der Waals surface area contributed by atoms with E-state index in [-0.39, 0.29) is 5.91 Å². The van der Waals surface area contributed by atoms with Crippen molar-refractivity contribution in [1.82, 2.24) is 14.9 Å². The fourth-order valence-electron chi connectivity index (χ4n) is 1.91. The van der Waals surface area contributed by atoms with Gasteiger partial charge in [-0.3, -0.25) is 4.79 Å². The molecule has 2 rings (SSSR count). The number of carbonyl (C=O) groups is 1. The summed E-state index contributed by atoms with van der Waals surface area (Å²) in [5.41, 5.74) is 0. The third-order valence-electron chi connectivity index (χ3n) is 2.98. The van der Waals surface area contributed by atoms with Crippen LogP contribution in [0.3, 0.4) is 0 Å². The summed E-state index contributed by atoms with van der Waals surface area (Å²) >= 11 is 1.53. The van der Waals surface area contributed by atoms with Gasteiger partial charge in [-0.15, -0.1) is 11.8 Å². The lowest BCUT2D eigenvalue weighted by Crippen LogP contribution is -2.26. The van der Waals surface area contributed by atoms with Crippen LogP contribution in [0.2, 0.25) is 0 Å². The number of rotatable bonds is 9. The molecule has 0 atom stereocenters. The molecule has 0 aliphatic carbocycles. The van der Waals surface area contributed by atoms with E-state index >= 15 is 0 Å². The molecule has 0 radical (unpaired) electrons. The van der Waals surface area contributed by atoms with Gasteiger partial charge in [-0.2, -0.15) is 0 Å². The molecule has 118 valence electrons. The molecule has 6 heteroatoms. The number of carbonyl (C=O) groups excluding carboxylic acids is 1. The Morgan fingerprint density at radius 3 is 2.86 bits per heavy atom. The first-order valence-corrected chi connectivity index (χ1v) is 8.34. The van der Waals surface area contributed by atoms with Crippen molar-refractivity contribution in [2.45, 2.75) is 24.8 Å². The molecule has 0 aliphatic heterocycles. The summed E-state index contributed by atoms with van der Waals surface area (Å²) in [4.78, 5) is 16.8. The van der Waals surface area contributed by atoms with E-state index in [4.69, 9.17) is 4.74 Å². The molecule has 0 saturated heterocycles. The topological polar surface area (TPSA) is 56.1 Å². The van der Waals surface area contributed by atoms with E-state index in [1.54, 1.807) is 12.5 Å². The Morgan fingerprint density at radius 1 is 1.36 bits per heavy atom. The lowest BCUT2D eigenvalue weighted by Gasteiger charge is -2.07. The molecule has 0 spiro atoms. The van der Waals surface area contributed by atoms with Crippen LogP contribution in [-0.4, -0.2) is 34.4 Å². The highest BCUT2D eigenvalue weighted by Gasteiger charge is 2.03. The van der Waals surface area contributed by atoms with Crippen LogP contribution in [0, 0.1) is 0 Å². The van der Waals surface area contributed by atoms with E-state index in [1.807, 2.05) is 42.0 Å². The predicted molar refractivity (Wildman–Crippen MR) is 88.2 cm³/mol. The molecule has 0 saturated carbocycles. The summed E-state index contributed by atoms with van der Waals surface area (Å²) in [6.45, 7) is 4.17. The fraction of sp³-hybridized carbons (Fsp3) is 0.375. The maximum Gasteiger partial charge on any atom is 0.230 e. The van der Waals surface area contributed by atoms with Crippen molar-refractivity contribution in [3.63, 3.8) is 0 Å². The van der Waals surface area contributed by atoms with Crippen molar-refractivity contribution in [2.24, 2.45) is 0 Å². The van der Waals surface area contributed by atoms with Crippen LogP contribution in [0.4, 0.5) is 0 Å². The zero-order valence-electron chi connectivity index (χ0n) is 12.7. The van der Waals surface area contributed by atoms with Gasteiger partial charge in [-0.05, 0) is 37.6 Å². The number of nitrogens with zero attached hydrogens (tertiary/aromatic N) is 2. The Hall–Kier alpha value is -1.95. The van der Waals surface area contributed by atoms with Crippen molar-refractivity contribution in [3.8, 4) is 5.75 Å². The first kappa shape index (κ1) is 16.4. The van der Waals surface area contributed by atoms with Gasteiger partial charge < -0.3 is 14.6 Å². The van der Waals surface area contributed by atoms with Crippen molar-refractivity contribution in [1.29, 1.82) is 0 Å². The third kappa shape index (κ3) is 5.81. The van der Waals surface area contributed by atoms with E-state index < -0.39 is 0 Å². The predicted octanol–water partition coefficient (Wildman–Crippen LogP) is 2.58. The number of nitrogens with one attached hydrogen (secondary N) is 1. The summed E-state index contributed by atoms with van der Waals surface area (Å²) in [5, 5.41) is 2.93. The van der Waals surface area contributed by atoms with E-state index in [0.717, 1.165) is 23.6 Å². The molecule has 22 heavy (non-hydrogen) atoms. The normalized spacial score (nSPS) is 10.4. The Kier molecular flexibility index (Phi) is 6.83. The molecule has 0 bridgehead atoms. The minimum atomic E-state index is 0.0597. The molecule has 1 N–H and O–H groups in total. The van der Waals surface area contributed by atoms with Gasteiger partial charge in [-0.1, -0.05) is 0 Å². The maximum atomic E-state index is 11.8. The van der Waals surface area contributed by atoms with Crippen LogP contribution in [0.25, 0.3) is 0 Å². The Bertz CT molecular complexity index is 555. The number of imidazole rings is 1. The summed E-state index contributed by atoms with van der Waals surface area (Å²) in [6, 6.07) is 7.80. The second kappa shape index (κ2) is 9.15. The van der Waals surface area contributed by atoms with Crippen molar-refractivity contribution in [3.05, 3.63) is 43.0 Å². The number of aromatic nitrogens is 2. The Morgan fingerprint density at radius 2 is 2.18 bits per heavy atom. The number of amides is 1. The van der Waals surface area contributed by atoms with Gasteiger partial charge in [0.25, 0.3) is 0 Å². The minimum absolute atomic E-state index is 0.0597. The average molecular weight is 319 g/mol. The monoisotopic (exact) mass is 319 g/mol. The molecular weight excluding hydrogens is 298 g/mol. The zero-order chi connectivity index (χ0) is 15.6. The molecule has 1 heterocycles. The quantitative estimate of drug-likeness (QED) is 0.570. The van der Waals surface area contributed by atoms with Gasteiger partial charge in [0.2, 0.25) is 5.91 Å². The zero-order valence-corrected chi connectivity index (χ0v) is 13.5. The highest BCUT2D eigenvalue weighted by atomic mass is 32.2. The van der Waals surface area contributed by atoms with Crippen molar-refractivity contribution >= 4 is 17.7 Å². The molecule has 2 aromatic rings. The molecular formula is C16H21N3O2S. The first-order chi connectivity index (χ1) is 10.8. The number of hydrogen-bond acceptors (Lipinski definition) is 4. The van der Waals surface area contributed by atoms with E-state index in [0.29, 0.717) is 18.9 Å². The summed E-state index contributed by atoms with van der Waals surface area (Å²) in [6.07, 6.45) is 6.36. The van der Waals surface area contributed by atoms with Crippen LogP contribution in [0.5, 0.6) is 5.75 Å². The van der Waals surface area contributed by atoms with Crippen LogP contribution in [0.15, 0.2) is 47.9 Å². The van der Waals surface area contributed by atoms with Gasteiger partial charge in [0.1, 0.15) is 5.75 Å². The maximum absolute atomic E-state index is 11.8. The lowest BCUT2D eigenvalue weighted by molar-refractivity contribution is -0.118. The van der Waals surface area contributed by atoms with E-state index in [2.05, 4.69) is 10.3 Å². The van der Waals surface area contributed by atoms with Crippen LogP contribution >= 0.6 is 11.8 Å². The number of ether oxygens (including phenoxy) is 1. The van der Waals surface area contributed by atoms with Crippen LogP contribution in [0.1, 0.15) is 13.3 Å². The van der Waals surface area contributed by atoms with Crippen molar-refractivity contribution in [2.75, 3.05) is 18.9 Å². The SMILES string of the molecule is CCOc1ccc(SCC(=O)NCCCn2ccnc2)cc1. The highest BCUT2D eigenvalue weighted by Crippen LogP contribution is 2.21. The second-order valence-corrected chi connectivity index (χ2v) is 5.75.